The minimum absolute atomic E-state index is 0. The second-order valence-corrected chi connectivity index (χ2v) is 4.92. The molecule has 0 spiro atoms. The zero-order valence-electron chi connectivity index (χ0n) is 9.37. The van der Waals surface area contributed by atoms with E-state index in [1.54, 1.807) is 0 Å². The largest absolute Gasteiger partial charge is 1.00 e. The van der Waals surface area contributed by atoms with Gasteiger partial charge in [-0.05, 0) is 24.3 Å². The van der Waals surface area contributed by atoms with Crippen LogP contribution in [0.5, 0.6) is 0 Å². The van der Waals surface area contributed by atoms with E-state index in [2.05, 4.69) is 53.1 Å². The molecule has 0 atom stereocenters. The van der Waals surface area contributed by atoms with Gasteiger partial charge in [0.1, 0.15) is 0 Å². The Kier molecular flexibility index (Phi) is 3.83. The van der Waals surface area contributed by atoms with Crippen molar-refractivity contribution in [3.8, 4) is 0 Å². The summed E-state index contributed by atoms with van der Waals surface area (Å²) in [7, 11) is 1.95. The van der Waals surface area contributed by atoms with Crippen LogP contribution in [-0.2, 0) is 11.8 Å². The van der Waals surface area contributed by atoms with Crippen molar-refractivity contribution in [3.63, 3.8) is 0 Å². The second kappa shape index (κ2) is 5.18. The molecule has 0 aliphatic carbocycles. The SMILES string of the molecule is CNc1ccc2c(c1)[SH+]c1ccccc1N2.[I-]. The molecule has 88 valence electrons. The fourth-order valence-electron chi connectivity index (χ4n) is 1.84. The highest BCUT2D eigenvalue weighted by atomic mass is 127. The van der Waals surface area contributed by atoms with Crippen LogP contribution in [0.3, 0.4) is 0 Å². The summed E-state index contributed by atoms with van der Waals surface area (Å²) in [6.45, 7) is 0. The van der Waals surface area contributed by atoms with E-state index < -0.39 is 0 Å². The van der Waals surface area contributed by atoms with Gasteiger partial charge in [0.25, 0.3) is 0 Å². The number of fused-ring (bicyclic) bond motifs is 2. The van der Waals surface area contributed by atoms with Gasteiger partial charge in [-0.25, -0.2) is 0 Å². The molecular formula is C13H13IN2S. The lowest BCUT2D eigenvalue weighted by Crippen LogP contribution is -3.00. The minimum Gasteiger partial charge on any atom is -1.00 e. The molecular weight excluding hydrogens is 343 g/mol. The quantitative estimate of drug-likeness (QED) is 0.365. The molecule has 2 N–H and O–H groups in total. The van der Waals surface area contributed by atoms with E-state index in [1.807, 2.05) is 7.05 Å². The normalized spacial score (nSPS) is 11.6. The van der Waals surface area contributed by atoms with Crippen LogP contribution in [0.15, 0.2) is 52.3 Å². The Hall–Kier alpha value is -0.880. The average Bonchev–Trinajstić information content (AvgIpc) is 2.35. The summed E-state index contributed by atoms with van der Waals surface area (Å²) in [6.07, 6.45) is 0. The van der Waals surface area contributed by atoms with Gasteiger partial charge in [0.2, 0.25) is 0 Å². The Morgan fingerprint density at radius 1 is 1.00 bits per heavy atom. The summed E-state index contributed by atoms with van der Waals surface area (Å²) in [6, 6.07) is 14.9. The van der Waals surface area contributed by atoms with Crippen molar-refractivity contribution in [1.82, 2.24) is 0 Å². The number of benzene rings is 2. The fraction of sp³-hybridized carbons (Fsp3) is 0.0769. The molecule has 3 rings (SSSR count). The predicted molar refractivity (Wildman–Crippen MR) is 71.0 cm³/mol. The van der Waals surface area contributed by atoms with Gasteiger partial charge in [-0.2, -0.15) is 0 Å². The Balaban J connectivity index is 0.00000108. The van der Waals surface area contributed by atoms with E-state index in [9.17, 15) is 0 Å². The summed E-state index contributed by atoms with van der Waals surface area (Å²) >= 11 is 1.28. The molecule has 17 heavy (non-hydrogen) atoms. The topological polar surface area (TPSA) is 24.1 Å². The third-order valence-electron chi connectivity index (χ3n) is 2.70. The molecule has 4 heteroatoms. The highest BCUT2D eigenvalue weighted by Crippen LogP contribution is 2.35. The lowest BCUT2D eigenvalue weighted by molar-refractivity contribution is -0.00000309. The van der Waals surface area contributed by atoms with E-state index in [1.165, 1.54) is 32.9 Å². The summed E-state index contributed by atoms with van der Waals surface area (Å²) in [5.74, 6) is 0. The van der Waals surface area contributed by atoms with Crippen LogP contribution in [0.25, 0.3) is 0 Å². The van der Waals surface area contributed by atoms with Crippen LogP contribution in [0, 0.1) is 0 Å². The number of rotatable bonds is 1. The van der Waals surface area contributed by atoms with Gasteiger partial charge in [0.15, 0.2) is 9.79 Å². The van der Waals surface area contributed by atoms with E-state index >= 15 is 0 Å². The molecule has 1 aliphatic heterocycles. The maximum Gasteiger partial charge on any atom is 0.183 e. The Morgan fingerprint density at radius 2 is 1.76 bits per heavy atom. The molecule has 0 fully saturated rings. The van der Waals surface area contributed by atoms with Gasteiger partial charge in [-0.1, -0.05) is 12.1 Å². The van der Waals surface area contributed by atoms with Crippen LogP contribution in [0.4, 0.5) is 17.1 Å². The minimum atomic E-state index is 0. The molecule has 1 heterocycles. The maximum atomic E-state index is 3.46. The molecule has 0 bridgehead atoms. The van der Waals surface area contributed by atoms with Gasteiger partial charge in [-0.15, -0.1) is 0 Å². The highest BCUT2D eigenvalue weighted by Gasteiger charge is 2.22. The zero-order chi connectivity index (χ0) is 11.0. The number of anilines is 3. The summed E-state index contributed by atoms with van der Waals surface area (Å²) in [5.41, 5.74) is 3.58. The van der Waals surface area contributed by atoms with Crippen molar-refractivity contribution in [1.29, 1.82) is 0 Å². The van der Waals surface area contributed by atoms with Gasteiger partial charge in [0, 0.05) is 18.8 Å². The van der Waals surface area contributed by atoms with E-state index in [0.29, 0.717) is 0 Å². The number of halogens is 1. The smallest absolute Gasteiger partial charge is 0.183 e. The third-order valence-corrected chi connectivity index (χ3v) is 3.94. The molecule has 0 aromatic heterocycles. The molecule has 2 aromatic rings. The van der Waals surface area contributed by atoms with Crippen molar-refractivity contribution < 1.29 is 24.0 Å². The number of hydrogen-bond acceptors (Lipinski definition) is 2. The molecule has 1 aliphatic rings. The number of thiol groups is 1. The van der Waals surface area contributed by atoms with Crippen LogP contribution >= 0.6 is 0 Å². The number of para-hydroxylation sites is 1. The van der Waals surface area contributed by atoms with Crippen molar-refractivity contribution >= 4 is 28.8 Å². The first-order valence-corrected chi connectivity index (χ1v) is 6.16. The van der Waals surface area contributed by atoms with Gasteiger partial charge >= 0.3 is 0 Å². The lowest BCUT2D eigenvalue weighted by Gasteiger charge is -2.15. The third kappa shape index (κ3) is 2.37. The second-order valence-electron chi connectivity index (χ2n) is 3.74. The summed E-state index contributed by atoms with van der Waals surface area (Å²) in [4.78, 5) is 2.66. The van der Waals surface area contributed by atoms with Crippen molar-refractivity contribution in [2.24, 2.45) is 0 Å². The van der Waals surface area contributed by atoms with Crippen LogP contribution in [0.2, 0.25) is 0 Å². The molecule has 2 nitrogen and oxygen atoms in total. The molecule has 0 radical (unpaired) electrons. The van der Waals surface area contributed by atoms with Crippen LogP contribution in [0.1, 0.15) is 0 Å². The molecule has 0 unspecified atom stereocenters. The van der Waals surface area contributed by atoms with Crippen molar-refractivity contribution in [3.05, 3.63) is 42.5 Å². The standard InChI is InChI=1S/C13H12N2S.HI/c1-14-9-6-7-11-13(8-9)16-12-5-3-2-4-10(12)15-11;/h2-8,14-15H,1H3;1H. The molecule has 2 aromatic carbocycles. The average molecular weight is 356 g/mol. The monoisotopic (exact) mass is 356 g/mol. The highest BCUT2D eigenvalue weighted by molar-refractivity contribution is 7.79. The van der Waals surface area contributed by atoms with Crippen molar-refractivity contribution in [2.45, 2.75) is 9.79 Å². The molecule has 0 saturated heterocycles. The first-order valence-electron chi connectivity index (χ1n) is 5.26. The Bertz CT molecular complexity index is 543. The molecule has 0 amide bonds. The summed E-state index contributed by atoms with van der Waals surface area (Å²) in [5, 5.41) is 6.63. The first kappa shape index (κ1) is 12.6. The van der Waals surface area contributed by atoms with Crippen LogP contribution < -0.4 is 34.6 Å². The van der Waals surface area contributed by atoms with Gasteiger partial charge in [0.05, 0.1) is 23.1 Å². The zero-order valence-corrected chi connectivity index (χ0v) is 12.4. The van der Waals surface area contributed by atoms with Gasteiger partial charge < -0.3 is 34.6 Å². The Labute approximate surface area is 122 Å². The van der Waals surface area contributed by atoms with Crippen LogP contribution in [-0.4, -0.2) is 7.05 Å². The lowest BCUT2D eigenvalue weighted by atomic mass is 10.2. The van der Waals surface area contributed by atoms with Crippen molar-refractivity contribution in [2.75, 3.05) is 17.7 Å². The number of hydrogen-bond donors (Lipinski definition) is 2. The number of nitrogens with one attached hydrogen (secondary N) is 2. The molecule has 0 saturated carbocycles. The van der Waals surface area contributed by atoms with E-state index in [4.69, 9.17) is 0 Å². The Morgan fingerprint density at radius 3 is 2.59 bits per heavy atom. The summed E-state index contributed by atoms with van der Waals surface area (Å²) < 4.78 is 0. The van der Waals surface area contributed by atoms with E-state index in [-0.39, 0.29) is 24.0 Å². The van der Waals surface area contributed by atoms with Gasteiger partial charge in [-0.3, -0.25) is 0 Å². The van der Waals surface area contributed by atoms with E-state index in [0.717, 1.165) is 5.69 Å². The first-order chi connectivity index (χ1) is 7.86. The maximum absolute atomic E-state index is 3.46. The predicted octanol–water partition coefficient (Wildman–Crippen LogP) is 0.0222. The fourth-order valence-corrected chi connectivity index (χ4v) is 2.96.